The zero-order chi connectivity index (χ0) is 19.9. The van der Waals surface area contributed by atoms with Crippen LogP contribution in [0, 0.1) is 0 Å². The molecule has 146 valence electrons. The summed E-state index contributed by atoms with van der Waals surface area (Å²) in [6, 6.07) is 12.3. The summed E-state index contributed by atoms with van der Waals surface area (Å²) in [4.78, 5) is 23.8. The minimum Gasteiger partial charge on any atom is -0.466 e. The van der Waals surface area contributed by atoms with Crippen molar-refractivity contribution in [1.29, 1.82) is 0 Å². The van der Waals surface area contributed by atoms with Gasteiger partial charge in [0, 0.05) is 24.1 Å². The standard InChI is InChI=1S/C20H20ClN3O4/c1-2-27-19(25)6-3-11-22-20(26)16-13-17(18-5-4-12-28-18)24(23-16)15-9-7-14(21)8-10-15/h4-5,7-10,12-13H,2-3,6,11H2,1H3,(H,22,26). The Labute approximate surface area is 167 Å². The van der Waals surface area contributed by atoms with Gasteiger partial charge < -0.3 is 14.5 Å². The molecule has 28 heavy (non-hydrogen) atoms. The number of hydrogen-bond acceptors (Lipinski definition) is 5. The Hall–Kier alpha value is -3.06. The van der Waals surface area contributed by atoms with E-state index in [1.54, 1.807) is 48.2 Å². The molecule has 0 aliphatic rings. The van der Waals surface area contributed by atoms with Gasteiger partial charge in [-0.2, -0.15) is 5.10 Å². The molecule has 1 aromatic carbocycles. The highest BCUT2D eigenvalue weighted by Gasteiger charge is 2.18. The normalized spacial score (nSPS) is 10.6. The highest BCUT2D eigenvalue weighted by atomic mass is 35.5. The van der Waals surface area contributed by atoms with Gasteiger partial charge in [-0.1, -0.05) is 11.6 Å². The highest BCUT2D eigenvalue weighted by Crippen LogP contribution is 2.25. The molecule has 3 rings (SSSR count). The van der Waals surface area contributed by atoms with E-state index in [4.69, 9.17) is 20.8 Å². The lowest BCUT2D eigenvalue weighted by Gasteiger charge is -2.05. The van der Waals surface area contributed by atoms with Crippen LogP contribution in [-0.2, 0) is 9.53 Å². The van der Waals surface area contributed by atoms with Crippen LogP contribution in [0.5, 0.6) is 0 Å². The summed E-state index contributed by atoms with van der Waals surface area (Å²) >= 11 is 5.96. The summed E-state index contributed by atoms with van der Waals surface area (Å²) in [7, 11) is 0. The number of furan rings is 1. The SMILES string of the molecule is CCOC(=O)CCCNC(=O)c1cc(-c2ccco2)n(-c2ccc(Cl)cc2)n1. The summed E-state index contributed by atoms with van der Waals surface area (Å²) in [5.41, 5.74) is 1.64. The number of benzene rings is 1. The van der Waals surface area contributed by atoms with Crippen LogP contribution < -0.4 is 5.32 Å². The predicted molar refractivity (Wildman–Crippen MR) is 104 cm³/mol. The van der Waals surface area contributed by atoms with Crippen LogP contribution in [0.1, 0.15) is 30.3 Å². The number of nitrogens with one attached hydrogen (secondary N) is 1. The van der Waals surface area contributed by atoms with Gasteiger partial charge in [0.1, 0.15) is 5.69 Å². The van der Waals surface area contributed by atoms with Crippen LogP contribution in [-0.4, -0.2) is 34.8 Å². The van der Waals surface area contributed by atoms with Gasteiger partial charge in [-0.15, -0.1) is 0 Å². The molecule has 0 unspecified atom stereocenters. The average Bonchev–Trinajstić information content (AvgIpc) is 3.35. The lowest BCUT2D eigenvalue weighted by atomic mass is 10.2. The minimum atomic E-state index is -0.329. The summed E-state index contributed by atoms with van der Waals surface area (Å²) < 4.78 is 12.0. The Balaban J connectivity index is 1.75. The summed E-state index contributed by atoms with van der Waals surface area (Å²) in [6.45, 7) is 2.46. The van der Waals surface area contributed by atoms with Crippen LogP contribution in [0.3, 0.4) is 0 Å². The van der Waals surface area contributed by atoms with Gasteiger partial charge in [-0.3, -0.25) is 9.59 Å². The van der Waals surface area contributed by atoms with E-state index in [1.165, 1.54) is 0 Å². The average molecular weight is 402 g/mol. The Morgan fingerprint density at radius 2 is 2.04 bits per heavy atom. The van der Waals surface area contributed by atoms with E-state index in [1.807, 2.05) is 12.1 Å². The first-order valence-electron chi connectivity index (χ1n) is 8.92. The second kappa shape index (κ2) is 9.23. The van der Waals surface area contributed by atoms with E-state index in [0.29, 0.717) is 36.0 Å². The molecule has 8 heteroatoms. The van der Waals surface area contributed by atoms with Gasteiger partial charge in [-0.05, 0) is 49.7 Å². The zero-order valence-corrected chi connectivity index (χ0v) is 16.1. The first kappa shape index (κ1) is 19.7. The topological polar surface area (TPSA) is 86.4 Å². The highest BCUT2D eigenvalue weighted by molar-refractivity contribution is 6.30. The minimum absolute atomic E-state index is 0.248. The van der Waals surface area contributed by atoms with Crippen molar-refractivity contribution >= 4 is 23.5 Å². The number of aromatic nitrogens is 2. The second-order valence-corrected chi connectivity index (χ2v) is 6.38. The third-order valence-corrected chi connectivity index (χ3v) is 4.19. The Morgan fingerprint density at radius 3 is 2.71 bits per heavy atom. The van der Waals surface area contributed by atoms with E-state index in [0.717, 1.165) is 5.69 Å². The molecule has 0 saturated carbocycles. The third-order valence-electron chi connectivity index (χ3n) is 3.94. The summed E-state index contributed by atoms with van der Waals surface area (Å²) in [6.07, 6.45) is 2.31. The van der Waals surface area contributed by atoms with E-state index in [2.05, 4.69) is 10.4 Å². The van der Waals surface area contributed by atoms with E-state index in [9.17, 15) is 9.59 Å². The number of carbonyl (C=O) groups excluding carboxylic acids is 2. The van der Waals surface area contributed by atoms with Crippen LogP contribution in [0.15, 0.2) is 53.1 Å². The molecule has 2 heterocycles. The monoisotopic (exact) mass is 401 g/mol. The maximum Gasteiger partial charge on any atom is 0.305 e. The fourth-order valence-electron chi connectivity index (χ4n) is 2.63. The lowest BCUT2D eigenvalue weighted by Crippen LogP contribution is -2.25. The predicted octanol–water partition coefficient (Wildman–Crippen LogP) is 3.86. The molecular weight excluding hydrogens is 382 g/mol. The van der Waals surface area contributed by atoms with Crippen LogP contribution in [0.4, 0.5) is 0 Å². The second-order valence-electron chi connectivity index (χ2n) is 5.94. The van der Waals surface area contributed by atoms with Crippen LogP contribution >= 0.6 is 11.6 Å². The quantitative estimate of drug-likeness (QED) is 0.457. The number of rotatable bonds is 8. The van der Waals surface area contributed by atoms with Gasteiger partial charge >= 0.3 is 5.97 Å². The molecule has 0 bridgehead atoms. The molecule has 0 aliphatic heterocycles. The molecule has 7 nitrogen and oxygen atoms in total. The number of nitrogens with zero attached hydrogens (tertiary/aromatic N) is 2. The number of carbonyl (C=O) groups is 2. The maximum atomic E-state index is 12.5. The van der Waals surface area contributed by atoms with Crippen molar-refractivity contribution in [3.63, 3.8) is 0 Å². The molecule has 0 aliphatic carbocycles. The molecule has 0 saturated heterocycles. The Kier molecular flexibility index (Phi) is 6.49. The van der Waals surface area contributed by atoms with Crippen molar-refractivity contribution in [2.75, 3.05) is 13.2 Å². The number of amides is 1. The molecule has 0 fully saturated rings. The number of ether oxygens (including phenoxy) is 1. The van der Waals surface area contributed by atoms with Gasteiger partial charge in [0.25, 0.3) is 5.91 Å². The number of halogens is 1. The summed E-state index contributed by atoms with van der Waals surface area (Å²) in [5, 5.41) is 7.79. The largest absolute Gasteiger partial charge is 0.466 e. The Bertz CT molecular complexity index is 933. The molecule has 2 aromatic heterocycles. The molecule has 1 amide bonds. The van der Waals surface area contributed by atoms with Crippen molar-refractivity contribution in [3.8, 4) is 17.1 Å². The third kappa shape index (κ3) is 4.80. The van der Waals surface area contributed by atoms with Gasteiger partial charge in [0.05, 0.1) is 18.6 Å². The van der Waals surface area contributed by atoms with Crippen LogP contribution in [0.25, 0.3) is 17.1 Å². The molecule has 1 N–H and O–H groups in total. The first-order chi connectivity index (χ1) is 13.6. The van der Waals surface area contributed by atoms with Gasteiger partial charge in [0.15, 0.2) is 11.5 Å². The smallest absolute Gasteiger partial charge is 0.305 e. The van der Waals surface area contributed by atoms with Gasteiger partial charge in [0.2, 0.25) is 0 Å². The van der Waals surface area contributed by atoms with E-state index >= 15 is 0 Å². The van der Waals surface area contributed by atoms with E-state index < -0.39 is 0 Å². The Morgan fingerprint density at radius 1 is 1.25 bits per heavy atom. The van der Waals surface area contributed by atoms with Crippen molar-refractivity contribution in [2.45, 2.75) is 19.8 Å². The van der Waals surface area contributed by atoms with Crippen molar-refractivity contribution in [3.05, 3.63) is 59.4 Å². The number of esters is 1. The van der Waals surface area contributed by atoms with E-state index in [-0.39, 0.29) is 24.0 Å². The van der Waals surface area contributed by atoms with Crippen LogP contribution in [0.2, 0.25) is 5.02 Å². The first-order valence-corrected chi connectivity index (χ1v) is 9.30. The number of hydrogen-bond donors (Lipinski definition) is 1. The fourth-order valence-corrected chi connectivity index (χ4v) is 2.76. The molecular formula is C20H20ClN3O4. The van der Waals surface area contributed by atoms with Crippen molar-refractivity contribution in [2.24, 2.45) is 0 Å². The van der Waals surface area contributed by atoms with Crippen molar-refractivity contribution < 1.29 is 18.7 Å². The van der Waals surface area contributed by atoms with Gasteiger partial charge in [-0.25, -0.2) is 4.68 Å². The molecule has 0 radical (unpaired) electrons. The summed E-state index contributed by atoms with van der Waals surface area (Å²) in [5.74, 6) is -0.0166. The lowest BCUT2D eigenvalue weighted by molar-refractivity contribution is -0.143. The zero-order valence-electron chi connectivity index (χ0n) is 15.4. The molecule has 0 spiro atoms. The fraction of sp³-hybridized carbons (Fsp3) is 0.250. The van der Waals surface area contributed by atoms with Crippen molar-refractivity contribution in [1.82, 2.24) is 15.1 Å². The maximum absolute atomic E-state index is 12.5. The molecule has 0 atom stereocenters. The molecule has 3 aromatic rings.